The fraction of sp³-hybridized carbons (Fsp3) is 0.417. The molecule has 0 atom stereocenters. The number of hydrogen-bond acceptors (Lipinski definition) is 3. The van der Waals surface area contributed by atoms with Crippen molar-refractivity contribution in [3.63, 3.8) is 0 Å². The molecular formula is C12H17NO2. The third kappa shape index (κ3) is 2.36. The van der Waals surface area contributed by atoms with E-state index in [0.717, 1.165) is 22.3 Å². The van der Waals surface area contributed by atoms with Crippen molar-refractivity contribution in [3.8, 4) is 0 Å². The highest BCUT2D eigenvalue weighted by Gasteiger charge is 2.09. The van der Waals surface area contributed by atoms with Crippen molar-refractivity contribution >= 4 is 6.21 Å². The molecule has 0 aliphatic carbocycles. The second-order valence-electron chi connectivity index (χ2n) is 3.71. The standard InChI is InChI=1S/C12H17NO2/c1-8-5-9(2)12(7-15-4)10(3)11(8)6-13-14/h5-6,14H,7H2,1-4H3. The first-order chi connectivity index (χ1) is 7.11. The Morgan fingerprint density at radius 3 is 2.53 bits per heavy atom. The number of aryl methyl sites for hydroxylation is 2. The van der Waals surface area contributed by atoms with Crippen molar-refractivity contribution in [2.75, 3.05) is 7.11 Å². The highest BCUT2D eigenvalue weighted by atomic mass is 16.5. The molecule has 0 spiro atoms. The maximum absolute atomic E-state index is 8.60. The molecule has 0 fully saturated rings. The van der Waals surface area contributed by atoms with Crippen molar-refractivity contribution in [2.24, 2.45) is 5.16 Å². The van der Waals surface area contributed by atoms with Gasteiger partial charge in [0.25, 0.3) is 0 Å². The van der Waals surface area contributed by atoms with Crippen LogP contribution in [0.5, 0.6) is 0 Å². The zero-order valence-electron chi connectivity index (χ0n) is 9.66. The Hall–Kier alpha value is -1.35. The average Bonchev–Trinajstić information content (AvgIpc) is 2.19. The van der Waals surface area contributed by atoms with E-state index < -0.39 is 0 Å². The van der Waals surface area contributed by atoms with Crippen LogP contribution in [-0.2, 0) is 11.3 Å². The molecule has 15 heavy (non-hydrogen) atoms. The first kappa shape index (κ1) is 11.7. The fourth-order valence-corrected chi connectivity index (χ4v) is 1.87. The highest BCUT2D eigenvalue weighted by molar-refractivity contribution is 5.84. The number of benzene rings is 1. The Morgan fingerprint density at radius 1 is 1.33 bits per heavy atom. The Balaban J connectivity index is 3.34. The molecule has 0 radical (unpaired) electrons. The highest BCUT2D eigenvalue weighted by Crippen LogP contribution is 2.21. The van der Waals surface area contributed by atoms with E-state index in [1.165, 1.54) is 11.8 Å². The summed E-state index contributed by atoms with van der Waals surface area (Å²) in [4.78, 5) is 0. The normalized spacial score (nSPS) is 11.2. The van der Waals surface area contributed by atoms with E-state index in [4.69, 9.17) is 9.94 Å². The molecule has 0 aliphatic heterocycles. The van der Waals surface area contributed by atoms with E-state index in [0.29, 0.717) is 6.61 Å². The molecule has 1 rings (SSSR count). The first-order valence-corrected chi connectivity index (χ1v) is 4.87. The molecule has 0 heterocycles. The molecule has 0 saturated heterocycles. The molecule has 0 saturated carbocycles. The van der Waals surface area contributed by atoms with Crippen LogP contribution in [0.4, 0.5) is 0 Å². The summed E-state index contributed by atoms with van der Waals surface area (Å²) in [7, 11) is 1.68. The topological polar surface area (TPSA) is 41.8 Å². The van der Waals surface area contributed by atoms with Gasteiger partial charge in [0.05, 0.1) is 12.8 Å². The molecular weight excluding hydrogens is 190 g/mol. The second-order valence-corrected chi connectivity index (χ2v) is 3.71. The summed E-state index contributed by atoms with van der Waals surface area (Å²) in [5, 5.41) is 11.7. The van der Waals surface area contributed by atoms with Gasteiger partial charge in [-0.25, -0.2) is 0 Å². The number of methoxy groups -OCH3 is 1. The lowest BCUT2D eigenvalue weighted by Gasteiger charge is -2.13. The average molecular weight is 207 g/mol. The lowest BCUT2D eigenvalue weighted by molar-refractivity contribution is 0.184. The van der Waals surface area contributed by atoms with Crippen LogP contribution >= 0.6 is 0 Å². The Kier molecular flexibility index (Phi) is 3.86. The van der Waals surface area contributed by atoms with Gasteiger partial charge in [-0.2, -0.15) is 0 Å². The molecule has 82 valence electrons. The van der Waals surface area contributed by atoms with Crippen LogP contribution in [-0.4, -0.2) is 18.5 Å². The smallest absolute Gasteiger partial charge is 0.0739 e. The zero-order chi connectivity index (χ0) is 11.4. The molecule has 1 aromatic carbocycles. The van der Waals surface area contributed by atoms with Gasteiger partial charge in [0.2, 0.25) is 0 Å². The third-order valence-electron chi connectivity index (χ3n) is 2.67. The summed E-state index contributed by atoms with van der Waals surface area (Å²) in [6.45, 7) is 6.68. The summed E-state index contributed by atoms with van der Waals surface area (Å²) in [5.41, 5.74) is 5.57. The summed E-state index contributed by atoms with van der Waals surface area (Å²) >= 11 is 0. The van der Waals surface area contributed by atoms with Gasteiger partial charge in [-0.1, -0.05) is 11.2 Å². The Bertz CT molecular complexity index is 384. The van der Waals surface area contributed by atoms with Crippen molar-refractivity contribution < 1.29 is 9.94 Å². The molecule has 0 amide bonds. The zero-order valence-corrected chi connectivity index (χ0v) is 9.66. The van der Waals surface area contributed by atoms with E-state index in [2.05, 4.69) is 18.1 Å². The molecule has 0 aromatic heterocycles. The molecule has 0 bridgehead atoms. The first-order valence-electron chi connectivity index (χ1n) is 4.87. The van der Waals surface area contributed by atoms with Crippen molar-refractivity contribution in [1.29, 1.82) is 0 Å². The fourth-order valence-electron chi connectivity index (χ4n) is 1.87. The van der Waals surface area contributed by atoms with Crippen LogP contribution in [0.2, 0.25) is 0 Å². The molecule has 0 unspecified atom stereocenters. The number of oxime groups is 1. The van der Waals surface area contributed by atoms with E-state index in [1.54, 1.807) is 7.11 Å². The van der Waals surface area contributed by atoms with Crippen LogP contribution in [0.3, 0.4) is 0 Å². The van der Waals surface area contributed by atoms with Crippen LogP contribution in [0, 0.1) is 20.8 Å². The van der Waals surface area contributed by atoms with Gasteiger partial charge in [0, 0.05) is 12.7 Å². The van der Waals surface area contributed by atoms with Crippen LogP contribution in [0.25, 0.3) is 0 Å². The van der Waals surface area contributed by atoms with Gasteiger partial charge in [-0.3, -0.25) is 0 Å². The van der Waals surface area contributed by atoms with Crippen LogP contribution in [0.15, 0.2) is 11.2 Å². The Labute approximate surface area is 90.4 Å². The van der Waals surface area contributed by atoms with Crippen LogP contribution < -0.4 is 0 Å². The number of nitrogens with zero attached hydrogens (tertiary/aromatic N) is 1. The number of hydrogen-bond donors (Lipinski definition) is 1. The quantitative estimate of drug-likeness (QED) is 0.470. The van der Waals surface area contributed by atoms with Crippen molar-refractivity contribution in [2.45, 2.75) is 27.4 Å². The third-order valence-corrected chi connectivity index (χ3v) is 2.67. The predicted molar refractivity (Wildman–Crippen MR) is 60.7 cm³/mol. The van der Waals surface area contributed by atoms with Gasteiger partial charge >= 0.3 is 0 Å². The molecule has 1 aromatic rings. The largest absolute Gasteiger partial charge is 0.411 e. The van der Waals surface area contributed by atoms with Gasteiger partial charge in [0.1, 0.15) is 0 Å². The number of rotatable bonds is 3. The van der Waals surface area contributed by atoms with Gasteiger partial charge in [-0.15, -0.1) is 0 Å². The summed E-state index contributed by atoms with van der Waals surface area (Å²) in [5.74, 6) is 0. The molecule has 3 nitrogen and oxygen atoms in total. The van der Waals surface area contributed by atoms with E-state index in [1.807, 2.05) is 13.8 Å². The lowest BCUT2D eigenvalue weighted by atomic mass is 9.94. The minimum Gasteiger partial charge on any atom is -0.411 e. The van der Waals surface area contributed by atoms with Crippen molar-refractivity contribution in [3.05, 3.63) is 33.9 Å². The molecule has 0 aliphatic rings. The molecule has 1 N–H and O–H groups in total. The van der Waals surface area contributed by atoms with Gasteiger partial charge in [0.15, 0.2) is 0 Å². The monoisotopic (exact) mass is 207 g/mol. The maximum atomic E-state index is 8.60. The predicted octanol–water partition coefficient (Wildman–Crippen LogP) is 2.57. The lowest BCUT2D eigenvalue weighted by Crippen LogP contribution is -2.02. The second kappa shape index (κ2) is 4.94. The Morgan fingerprint density at radius 2 is 2.00 bits per heavy atom. The van der Waals surface area contributed by atoms with E-state index in [-0.39, 0.29) is 0 Å². The SMILES string of the molecule is COCc1c(C)cc(C)c(C=NO)c1C. The summed E-state index contributed by atoms with van der Waals surface area (Å²) in [6.07, 6.45) is 1.48. The van der Waals surface area contributed by atoms with Gasteiger partial charge in [-0.05, 0) is 43.0 Å². The van der Waals surface area contributed by atoms with E-state index >= 15 is 0 Å². The maximum Gasteiger partial charge on any atom is 0.0739 e. The summed E-state index contributed by atoms with van der Waals surface area (Å²) < 4.78 is 5.16. The van der Waals surface area contributed by atoms with Gasteiger partial charge < -0.3 is 9.94 Å². The van der Waals surface area contributed by atoms with Crippen molar-refractivity contribution in [1.82, 2.24) is 0 Å². The van der Waals surface area contributed by atoms with Crippen LogP contribution in [0.1, 0.15) is 27.8 Å². The summed E-state index contributed by atoms with van der Waals surface area (Å²) in [6, 6.07) is 2.08. The van der Waals surface area contributed by atoms with E-state index in [9.17, 15) is 0 Å². The minimum atomic E-state index is 0.588. The number of ether oxygens (including phenoxy) is 1. The molecule has 3 heteroatoms. The minimum absolute atomic E-state index is 0.588.